The lowest BCUT2D eigenvalue weighted by atomic mass is 10.2. The summed E-state index contributed by atoms with van der Waals surface area (Å²) in [5.41, 5.74) is 0.714. The first-order valence-corrected chi connectivity index (χ1v) is 6.26. The third-order valence-electron chi connectivity index (χ3n) is 2.57. The molecule has 0 N–H and O–H groups in total. The minimum Gasteiger partial charge on any atom is -0.371 e. The Morgan fingerprint density at radius 1 is 1.22 bits per heavy atom. The predicted octanol–water partition coefficient (Wildman–Crippen LogP) is 2.65. The second-order valence-corrected chi connectivity index (χ2v) is 3.88. The minimum atomic E-state index is -0.462. The number of hydrogen-bond acceptors (Lipinski definition) is 5. The van der Waals surface area contributed by atoms with Gasteiger partial charge in [0.2, 0.25) is 6.29 Å². The number of rotatable bonds is 8. The molecule has 1 atom stereocenters. The Kier molecular flexibility index (Phi) is 6.78. The van der Waals surface area contributed by atoms with Gasteiger partial charge in [0.25, 0.3) is 0 Å². The van der Waals surface area contributed by atoms with E-state index in [1.54, 1.807) is 26.5 Å². The van der Waals surface area contributed by atoms with Gasteiger partial charge in [0.15, 0.2) is 5.82 Å². The van der Waals surface area contributed by atoms with Crippen LogP contribution < -0.4 is 0 Å². The summed E-state index contributed by atoms with van der Waals surface area (Å²) in [5.74, 6) is 0.690. The Bertz CT molecular complexity index is 337. The van der Waals surface area contributed by atoms with Crippen LogP contribution >= 0.6 is 0 Å². The van der Waals surface area contributed by atoms with E-state index >= 15 is 0 Å². The van der Waals surface area contributed by atoms with Crippen LogP contribution in [0, 0.1) is 0 Å². The molecule has 0 aliphatic rings. The van der Waals surface area contributed by atoms with Crippen LogP contribution in [-0.2, 0) is 14.2 Å². The van der Waals surface area contributed by atoms with Crippen molar-refractivity contribution in [2.75, 3.05) is 20.8 Å². The highest BCUT2D eigenvalue weighted by molar-refractivity contribution is 5.05. The quantitative estimate of drug-likeness (QED) is 0.667. The molecule has 0 amide bonds. The van der Waals surface area contributed by atoms with Crippen LogP contribution in [0.5, 0.6) is 0 Å². The lowest BCUT2D eigenvalue weighted by Crippen LogP contribution is -2.13. The van der Waals surface area contributed by atoms with Crippen LogP contribution in [-0.4, -0.2) is 30.8 Å². The number of aromatic nitrogens is 2. The average Bonchev–Trinajstić information content (AvgIpc) is 2.40. The molecule has 0 aromatic carbocycles. The molecule has 5 heteroatoms. The number of nitrogens with zero attached hydrogens (tertiary/aromatic N) is 2. The molecule has 0 fully saturated rings. The van der Waals surface area contributed by atoms with Gasteiger partial charge < -0.3 is 14.2 Å². The van der Waals surface area contributed by atoms with E-state index in [1.807, 2.05) is 6.92 Å². The molecule has 0 aliphatic carbocycles. The molecule has 0 saturated carbocycles. The second-order valence-electron chi connectivity index (χ2n) is 3.88. The van der Waals surface area contributed by atoms with E-state index in [2.05, 4.69) is 16.9 Å². The molecule has 1 aromatic heterocycles. The van der Waals surface area contributed by atoms with Gasteiger partial charge in [-0.1, -0.05) is 13.3 Å². The van der Waals surface area contributed by atoms with E-state index in [-0.39, 0.29) is 6.10 Å². The maximum Gasteiger partial charge on any atom is 0.200 e. The van der Waals surface area contributed by atoms with Crippen molar-refractivity contribution < 1.29 is 14.2 Å². The SMILES string of the molecule is CCCC(OCC)c1nccc(C(OC)OC)n1. The van der Waals surface area contributed by atoms with Gasteiger partial charge in [0.05, 0.1) is 0 Å². The Labute approximate surface area is 108 Å². The van der Waals surface area contributed by atoms with Gasteiger partial charge in [0.1, 0.15) is 11.8 Å². The van der Waals surface area contributed by atoms with Gasteiger partial charge in [-0.2, -0.15) is 0 Å². The van der Waals surface area contributed by atoms with Crippen molar-refractivity contribution in [1.29, 1.82) is 0 Å². The normalized spacial score (nSPS) is 12.9. The van der Waals surface area contributed by atoms with Crippen molar-refractivity contribution in [3.8, 4) is 0 Å². The summed E-state index contributed by atoms with van der Waals surface area (Å²) in [5, 5.41) is 0. The zero-order valence-electron chi connectivity index (χ0n) is 11.5. The molecule has 18 heavy (non-hydrogen) atoms. The molecular weight excluding hydrogens is 232 g/mol. The Morgan fingerprint density at radius 2 is 1.94 bits per heavy atom. The average molecular weight is 254 g/mol. The van der Waals surface area contributed by atoms with Crippen LogP contribution in [0.4, 0.5) is 0 Å². The molecule has 102 valence electrons. The summed E-state index contributed by atoms with van der Waals surface area (Å²) < 4.78 is 16.0. The summed E-state index contributed by atoms with van der Waals surface area (Å²) in [6, 6.07) is 1.79. The molecule has 0 spiro atoms. The van der Waals surface area contributed by atoms with Crippen LogP contribution in [0.15, 0.2) is 12.3 Å². The van der Waals surface area contributed by atoms with E-state index in [4.69, 9.17) is 14.2 Å². The van der Waals surface area contributed by atoms with Gasteiger partial charge in [-0.25, -0.2) is 9.97 Å². The topological polar surface area (TPSA) is 53.5 Å². The molecule has 0 radical (unpaired) electrons. The first kappa shape index (κ1) is 15.0. The van der Waals surface area contributed by atoms with E-state index < -0.39 is 6.29 Å². The molecule has 0 aliphatic heterocycles. The maximum absolute atomic E-state index is 5.66. The van der Waals surface area contributed by atoms with Crippen molar-refractivity contribution in [2.24, 2.45) is 0 Å². The van der Waals surface area contributed by atoms with E-state index in [0.717, 1.165) is 12.8 Å². The summed E-state index contributed by atoms with van der Waals surface area (Å²) in [6.45, 7) is 4.73. The Morgan fingerprint density at radius 3 is 2.50 bits per heavy atom. The van der Waals surface area contributed by atoms with Crippen LogP contribution in [0.1, 0.15) is 50.6 Å². The van der Waals surface area contributed by atoms with Crippen LogP contribution in [0.25, 0.3) is 0 Å². The number of methoxy groups -OCH3 is 2. The first-order chi connectivity index (χ1) is 8.76. The number of ether oxygens (including phenoxy) is 3. The van der Waals surface area contributed by atoms with E-state index in [0.29, 0.717) is 18.1 Å². The summed E-state index contributed by atoms with van der Waals surface area (Å²) in [6.07, 6.45) is 3.12. The van der Waals surface area contributed by atoms with Gasteiger partial charge >= 0.3 is 0 Å². The van der Waals surface area contributed by atoms with Crippen LogP contribution in [0.3, 0.4) is 0 Å². The smallest absolute Gasteiger partial charge is 0.200 e. The Hall–Kier alpha value is -1.04. The van der Waals surface area contributed by atoms with Gasteiger partial charge in [-0.3, -0.25) is 0 Å². The zero-order chi connectivity index (χ0) is 13.4. The van der Waals surface area contributed by atoms with Gasteiger partial charge in [0, 0.05) is 27.0 Å². The van der Waals surface area contributed by atoms with Crippen LogP contribution in [0.2, 0.25) is 0 Å². The molecular formula is C13H22N2O3. The van der Waals surface area contributed by atoms with Crippen molar-refractivity contribution in [3.63, 3.8) is 0 Å². The highest BCUT2D eigenvalue weighted by Gasteiger charge is 2.17. The fourth-order valence-electron chi connectivity index (χ4n) is 1.76. The van der Waals surface area contributed by atoms with Crippen molar-refractivity contribution in [1.82, 2.24) is 9.97 Å². The van der Waals surface area contributed by atoms with Crippen molar-refractivity contribution >= 4 is 0 Å². The highest BCUT2D eigenvalue weighted by Crippen LogP contribution is 2.21. The predicted molar refractivity (Wildman–Crippen MR) is 68.1 cm³/mol. The molecule has 1 aromatic rings. The molecule has 1 rings (SSSR count). The zero-order valence-corrected chi connectivity index (χ0v) is 11.5. The third-order valence-corrected chi connectivity index (χ3v) is 2.57. The van der Waals surface area contributed by atoms with Gasteiger partial charge in [-0.15, -0.1) is 0 Å². The minimum absolute atomic E-state index is 0.0608. The highest BCUT2D eigenvalue weighted by atomic mass is 16.7. The third kappa shape index (κ3) is 4.01. The molecule has 0 bridgehead atoms. The standard InChI is InChI=1S/C13H22N2O3/c1-5-7-11(18-6-2)12-14-9-8-10(15-12)13(16-3)17-4/h8-9,11,13H,5-7H2,1-4H3. The lowest BCUT2D eigenvalue weighted by molar-refractivity contribution is -0.109. The molecule has 1 heterocycles. The Balaban J connectivity index is 2.90. The summed E-state index contributed by atoms with van der Waals surface area (Å²) in [4.78, 5) is 8.75. The first-order valence-electron chi connectivity index (χ1n) is 6.26. The fourth-order valence-corrected chi connectivity index (χ4v) is 1.76. The molecule has 0 saturated heterocycles. The fraction of sp³-hybridized carbons (Fsp3) is 0.692. The van der Waals surface area contributed by atoms with Crippen molar-refractivity contribution in [2.45, 2.75) is 39.1 Å². The number of hydrogen-bond donors (Lipinski definition) is 0. The lowest BCUT2D eigenvalue weighted by Gasteiger charge is -2.17. The van der Waals surface area contributed by atoms with Gasteiger partial charge in [-0.05, 0) is 19.4 Å². The maximum atomic E-state index is 5.66. The van der Waals surface area contributed by atoms with E-state index in [9.17, 15) is 0 Å². The monoisotopic (exact) mass is 254 g/mol. The van der Waals surface area contributed by atoms with E-state index in [1.165, 1.54) is 0 Å². The second kappa shape index (κ2) is 8.13. The largest absolute Gasteiger partial charge is 0.371 e. The summed E-state index contributed by atoms with van der Waals surface area (Å²) >= 11 is 0. The molecule has 1 unspecified atom stereocenters. The molecule has 5 nitrogen and oxygen atoms in total. The summed E-state index contributed by atoms with van der Waals surface area (Å²) in [7, 11) is 3.17. The van der Waals surface area contributed by atoms with Crippen molar-refractivity contribution in [3.05, 3.63) is 23.8 Å².